The van der Waals surface area contributed by atoms with E-state index >= 15 is 0 Å². The van der Waals surface area contributed by atoms with Gasteiger partial charge in [-0.3, -0.25) is 19.7 Å². The molecule has 1 aromatic carbocycles. The normalized spacial score (nSPS) is 17.2. The van der Waals surface area contributed by atoms with E-state index < -0.39 is 30.4 Å². The summed E-state index contributed by atoms with van der Waals surface area (Å²) in [5.74, 6) is -2.16. The maximum Gasteiger partial charge on any atom is 0.321 e. The molecule has 1 aliphatic rings. The summed E-state index contributed by atoms with van der Waals surface area (Å²) in [6, 6.07) is 6.79. The van der Waals surface area contributed by atoms with Gasteiger partial charge in [0.05, 0.1) is 5.92 Å². The minimum atomic E-state index is -0.719. The Morgan fingerprint density at radius 2 is 2.11 bits per heavy atom. The number of nitrogens with zero attached hydrogens (tertiary/aromatic N) is 1. The highest BCUT2D eigenvalue weighted by molar-refractivity contribution is 7.98. The van der Waals surface area contributed by atoms with Crippen LogP contribution >= 0.6 is 11.8 Å². The van der Waals surface area contributed by atoms with E-state index in [1.54, 1.807) is 16.7 Å². The van der Waals surface area contributed by atoms with Crippen molar-refractivity contribution in [2.24, 2.45) is 5.92 Å². The number of anilines is 1. The second-order valence-electron chi connectivity index (χ2n) is 6.55. The lowest BCUT2D eigenvalue weighted by atomic mass is 10.1. The van der Waals surface area contributed by atoms with Gasteiger partial charge < -0.3 is 15.0 Å². The minimum absolute atomic E-state index is 0.0262. The van der Waals surface area contributed by atoms with Crippen molar-refractivity contribution in [1.29, 1.82) is 0 Å². The van der Waals surface area contributed by atoms with Crippen LogP contribution in [0.1, 0.15) is 26.7 Å². The van der Waals surface area contributed by atoms with Gasteiger partial charge in [0.2, 0.25) is 5.91 Å². The molecule has 9 heteroatoms. The largest absolute Gasteiger partial charge is 0.455 e. The molecule has 4 amide bonds. The third-order valence-electron chi connectivity index (χ3n) is 4.41. The average molecular weight is 407 g/mol. The Kier molecular flexibility index (Phi) is 7.86. The molecule has 0 radical (unpaired) electrons. The van der Waals surface area contributed by atoms with Crippen molar-refractivity contribution in [2.45, 2.75) is 37.6 Å². The summed E-state index contributed by atoms with van der Waals surface area (Å²) < 4.78 is 4.98. The van der Waals surface area contributed by atoms with E-state index in [1.807, 2.05) is 44.4 Å². The van der Waals surface area contributed by atoms with Crippen LogP contribution in [0.15, 0.2) is 29.2 Å². The molecule has 1 saturated heterocycles. The first-order valence-electron chi connectivity index (χ1n) is 9.05. The van der Waals surface area contributed by atoms with Crippen molar-refractivity contribution >= 4 is 41.3 Å². The molecule has 0 saturated carbocycles. The average Bonchev–Trinajstić information content (AvgIpc) is 3.07. The van der Waals surface area contributed by atoms with Crippen LogP contribution < -0.4 is 15.5 Å². The lowest BCUT2D eigenvalue weighted by Crippen LogP contribution is -2.44. The number of thioether (sulfide) groups is 1. The summed E-state index contributed by atoms with van der Waals surface area (Å²) in [7, 11) is 0. The molecule has 2 atom stereocenters. The number of hydrogen-bond donors (Lipinski definition) is 2. The topological polar surface area (TPSA) is 105 Å². The van der Waals surface area contributed by atoms with Crippen LogP contribution in [0.25, 0.3) is 0 Å². The van der Waals surface area contributed by atoms with Crippen molar-refractivity contribution in [2.75, 3.05) is 24.3 Å². The Bertz CT molecular complexity index is 755. The zero-order chi connectivity index (χ0) is 20.7. The molecule has 8 nitrogen and oxygen atoms in total. The first-order chi connectivity index (χ1) is 13.3. The third-order valence-corrected chi connectivity index (χ3v) is 5.14. The van der Waals surface area contributed by atoms with Crippen molar-refractivity contribution in [3.8, 4) is 0 Å². The highest BCUT2D eigenvalue weighted by Crippen LogP contribution is 2.28. The molecule has 28 heavy (non-hydrogen) atoms. The van der Waals surface area contributed by atoms with E-state index in [9.17, 15) is 19.2 Å². The molecule has 0 aromatic heterocycles. The molecule has 1 aromatic rings. The number of ether oxygens (including phenoxy) is 1. The number of benzene rings is 1. The van der Waals surface area contributed by atoms with Gasteiger partial charge in [-0.2, -0.15) is 0 Å². The van der Waals surface area contributed by atoms with Gasteiger partial charge in [-0.25, -0.2) is 4.79 Å². The Morgan fingerprint density at radius 1 is 1.36 bits per heavy atom. The fourth-order valence-electron chi connectivity index (χ4n) is 2.67. The van der Waals surface area contributed by atoms with Crippen LogP contribution in [0.2, 0.25) is 0 Å². The lowest BCUT2D eigenvalue weighted by molar-refractivity contribution is -0.152. The summed E-state index contributed by atoms with van der Waals surface area (Å²) in [6.07, 6.45) is 2.69. The van der Waals surface area contributed by atoms with E-state index in [2.05, 4.69) is 10.6 Å². The summed E-state index contributed by atoms with van der Waals surface area (Å²) >= 11 is 1.56. The van der Waals surface area contributed by atoms with Gasteiger partial charge in [0.15, 0.2) is 6.61 Å². The number of hydrogen-bond acceptors (Lipinski definition) is 6. The summed E-state index contributed by atoms with van der Waals surface area (Å²) in [5, 5.41) is 4.68. The predicted molar refractivity (Wildman–Crippen MR) is 106 cm³/mol. The van der Waals surface area contributed by atoms with Gasteiger partial charge >= 0.3 is 12.0 Å². The molecule has 2 rings (SSSR count). The number of carbonyl (C=O) groups is 4. The van der Waals surface area contributed by atoms with Crippen LogP contribution in [-0.2, 0) is 19.1 Å². The van der Waals surface area contributed by atoms with E-state index in [1.165, 1.54) is 0 Å². The maximum absolute atomic E-state index is 12.3. The van der Waals surface area contributed by atoms with Gasteiger partial charge in [0.1, 0.15) is 0 Å². The zero-order valence-corrected chi connectivity index (χ0v) is 17.0. The second-order valence-corrected chi connectivity index (χ2v) is 7.43. The molecule has 0 bridgehead atoms. The van der Waals surface area contributed by atoms with Crippen LogP contribution in [0.3, 0.4) is 0 Å². The molecule has 1 heterocycles. The first-order valence-corrected chi connectivity index (χ1v) is 10.3. The van der Waals surface area contributed by atoms with Crippen LogP contribution in [-0.4, -0.2) is 49.3 Å². The van der Waals surface area contributed by atoms with Gasteiger partial charge in [-0.15, -0.1) is 11.8 Å². The fourth-order valence-corrected chi connectivity index (χ4v) is 3.13. The highest BCUT2D eigenvalue weighted by atomic mass is 32.2. The molecule has 152 valence electrons. The Hall–Kier alpha value is -2.55. The Morgan fingerprint density at radius 3 is 2.79 bits per heavy atom. The lowest BCUT2D eigenvalue weighted by Gasteiger charge is -2.17. The Labute approximate surface area is 168 Å². The summed E-state index contributed by atoms with van der Waals surface area (Å²) in [4.78, 5) is 50.4. The van der Waals surface area contributed by atoms with E-state index in [0.29, 0.717) is 0 Å². The van der Waals surface area contributed by atoms with Crippen LogP contribution in [0.4, 0.5) is 10.5 Å². The molecule has 2 N–H and O–H groups in total. The zero-order valence-electron chi connectivity index (χ0n) is 16.2. The molecule has 1 aliphatic heterocycles. The van der Waals surface area contributed by atoms with Gasteiger partial charge in [-0.05, 0) is 37.8 Å². The minimum Gasteiger partial charge on any atom is -0.455 e. The number of nitrogens with one attached hydrogen (secondary N) is 2. The summed E-state index contributed by atoms with van der Waals surface area (Å²) in [5.41, 5.74) is 0.728. The van der Waals surface area contributed by atoms with Crippen molar-refractivity contribution in [3.05, 3.63) is 24.3 Å². The van der Waals surface area contributed by atoms with Crippen LogP contribution in [0.5, 0.6) is 0 Å². The van der Waals surface area contributed by atoms with Gasteiger partial charge in [0.25, 0.3) is 5.91 Å². The standard InChI is InChI=1S/C19H25N3O5S/c1-4-12(2)20-19(26)21-16(23)11-27-18(25)13-8-17(24)22(10-13)14-6-5-7-15(9-14)28-3/h5-7,9,12-13H,4,8,10-11H2,1-3H3,(H2,20,21,23,26)/t12-,13+/m1/s1. The number of urea groups is 1. The predicted octanol–water partition coefficient (Wildman–Crippen LogP) is 1.93. The second kappa shape index (κ2) is 10.1. The molecular formula is C19H25N3O5S. The van der Waals surface area contributed by atoms with E-state index in [-0.39, 0.29) is 24.9 Å². The summed E-state index contributed by atoms with van der Waals surface area (Å²) in [6.45, 7) is 3.34. The van der Waals surface area contributed by atoms with Crippen molar-refractivity contribution in [3.63, 3.8) is 0 Å². The first kappa shape index (κ1) is 21.7. The smallest absolute Gasteiger partial charge is 0.321 e. The Balaban J connectivity index is 1.84. The molecule has 0 unspecified atom stereocenters. The quantitative estimate of drug-likeness (QED) is 0.529. The SMILES string of the molecule is CC[C@@H](C)NC(=O)NC(=O)COC(=O)[C@H]1CC(=O)N(c2cccc(SC)c2)C1. The third kappa shape index (κ3) is 5.98. The number of amides is 4. The molecular weight excluding hydrogens is 382 g/mol. The van der Waals surface area contributed by atoms with E-state index in [4.69, 9.17) is 4.74 Å². The highest BCUT2D eigenvalue weighted by Gasteiger charge is 2.36. The number of esters is 1. The monoisotopic (exact) mass is 407 g/mol. The molecule has 0 aliphatic carbocycles. The molecule has 0 spiro atoms. The number of rotatable bonds is 7. The van der Waals surface area contributed by atoms with Gasteiger partial charge in [-0.1, -0.05) is 13.0 Å². The fraction of sp³-hybridized carbons (Fsp3) is 0.474. The maximum atomic E-state index is 12.3. The number of carbonyl (C=O) groups excluding carboxylic acids is 4. The van der Waals surface area contributed by atoms with Gasteiger partial charge in [0, 0.05) is 29.6 Å². The van der Waals surface area contributed by atoms with Crippen molar-refractivity contribution in [1.82, 2.24) is 10.6 Å². The van der Waals surface area contributed by atoms with Crippen LogP contribution in [0, 0.1) is 5.92 Å². The van der Waals surface area contributed by atoms with E-state index in [0.717, 1.165) is 17.0 Å². The number of imide groups is 1. The molecule has 1 fully saturated rings. The van der Waals surface area contributed by atoms with Crippen molar-refractivity contribution < 1.29 is 23.9 Å².